The van der Waals surface area contributed by atoms with Crippen LogP contribution in [0.25, 0.3) is 0 Å². The SMILES string of the molecule is CC(=O)[O-].CC(=O)[O-].CC(=O)[O-].CC(=O)[O-].CC(=O)[O-].CC(=O)[O-].CC(=O)[O-].CC(=O)[O-].O=[N+]([O-])[O-].O=[N+]([O-])[O-].[Pd+2].[Pt+4].[Pt+4]. The Balaban J connectivity index is -0.0000000210. The van der Waals surface area contributed by atoms with Gasteiger partial charge in [-0.2, -0.15) is 0 Å². The number of aliphatic carboxylic acids is 8. The predicted octanol–water partition coefficient (Wildman–Crippen LogP) is -10.4. The molecule has 27 heteroatoms. The summed E-state index contributed by atoms with van der Waals surface area (Å²) >= 11 is 0. The van der Waals surface area contributed by atoms with E-state index in [2.05, 4.69) is 0 Å². The predicted molar refractivity (Wildman–Crippen MR) is 106 cm³/mol. The standard InChI is InChI=1S/8C2H4O2.2NO3.Pd.2Pt/c8*1-2(3)4;2*2-1(3)4;;;/h8*1H3,(H,3,4);;;;;/q;;;;;;;;2*-1;+2;2*+4/p-8. The molecule has 43 heavy (non-hydrogen) atoms. The summed E-state index contributed by atoms with van der Waals surface area (Å²) in [4.78, 5) is 87.6. The molecule has 0 spiro atoms. The van der Waals surface area contributed by atoms with Gasteiger partial charge in [0.05, 0.1) is 10.2 Å². The topological polar surface area (TPSA) is 453 Å². The summed E-state index contributed by atoms with van der Waals surface area (Å²) in [5.41, 5.74) is 0. The fourth-order valence-electron chi connectivity index (χ4n) is 0. The van der Waals surface area contributed by atoms with E-state index in [1.807, 2.05) is 0 Å². The van der Waals surface area contributed by atoms with Crippen molar-refractivity contribution in [1.82, 2.24) is 0 Å². The van der Waals surface area contributed by atoms with Crippen LogP contribution >= 0.6 is 0 Å². The molecule has 0 aromatic carbocycles. The second kappa shape index (κ2) is 77.0. The first-order valence-electron chi connectivity index (χ1n) is 8.36. The Morgan fingerprint density at radius 3 is 0.326 bits per heavy atom. The van der Waals surface area contributed by atoms with Crippen molar-refractivity contribution in [2.75, 3.05) is 0 Å². The number of carbonyl (C=O) groups is 8. The van der Waals surface area contributed by atoms with E-state index >= 15 is 0 Å². The molecule has 0 heterocycles. The number of hydrogen-bond acceptors (Lipinski definition) is 22. The Hall–Kier alpha value is -3.80. The summed E-state index contributed by atoms with van der Waals surface area (Å²) in [7, 11) is 0. The van der Waals surface area contributed by atoms with Gasteiger partial charge >= 0.3 is 62.6 Å². The van der Waals surface area contributed by atoms with E-state index in [4.69, 9.17) is 110 Å². The molecule has 0 rings (SSSR count). The minimum Gasteiger partial charge on any atom is -0.550 e. The number of carboxylic acids is 8. The summed E-state index contributed by atoms with van der Waals surface area (Å²) < 4.78 is 0. The summed E-state index contributed by atoms with van der Waals surface area (Å²) in [5.74, 6) is -8.67. The molecular weight excluding hydrogens is 1070 g/mol. The van der Waals surface area contributed by atoms with Gasteiger partial charge in [-0.05, 0) is 55.4 Å². The largest absolute Gasteiger partial charge is 4.00 e. The Labute approximate surface area is 284 Å². The van der Waals surface area contributed by atoms with Crippen molar-refractivity contribution in [3.63, 3.8) is 0 Å². The van der Waals surface area contributed by atoms with E-state index in [0.717, 1.165) is 55.4 Å². The molecule has 0 radical (unpaired) electrons. The summed E-state index contributed by atoms with van der Waals surface area (Å²) in [6.45, 7) is 7.78. The first kappa shape index (κ1) is 83.3. The number of carboxylic acid groups (broad SMARTS) is 8. The van der Waals surface area contributed by atoms with Crippen molar-refractivity contribution in [1.29, 1.82) is 0 Å². The second-order valence-electron chi connectivity index (χ2n) is 4.38. The van der Waals surface area contributed by atoms with Crippen LogP contribution in [0.1, 0.15) is 55.4 Å². The number of carbonyl (C=O) groups excluding carboxylic acids is 8. The summed E-state index contributed by atoms with van der Waals surface area (Å²) in [5, 5.41) is 101. The normalized spacial score (nSPS) is 5.77. The molecule has 0 N–H and O–H groups in total. The van der Waals surface area contributed by atoms with Crippen LogP contribution < -0.4 is 40.9 Å². The molecule has 24 nitrogen and oxygen atoms in total. The summed E-state index contributed by atoms with van der Waals surface area (Å²) in [6, 6.07) is 0. The van der Waals surface area contributed by atoms with Crippen LogP contribution in [0.4, 0.5) is 0 Å². The van der Waals surface area contributed by atoms with Gasteiger partial charge < -0.3 is 110 Å². The van der Waals surface area contributed by atoms with Crippen LogP contribution in [0.2, 0.25) is 0 Å². The number of nitrogens with zero attached hydrogens (tertiary/aromatic N) is 2. The summed E-state index contributed by atoms with van der Waals surface area (Å²) in [6.07, 6.45) is 0. The molecule has 0 aromatic heterocycles. The van der Waals surface area contributed by atoms with E-state index in [-0.39, 0.29) is 62.6 Å². The van der Waals surface area contributed by atoms with Crippen molar-refractivity contribution >= 4 is 47.8 Å². The fraction of sp³-hybridized carbons (Fsp3) is 0.500. The van der Waals surface area contributed by atoms with Gasteiger partial charge in [0, 0.05) is 47.8 Å². The zero-order valence-corrected chi connectivity index (χ0v) is 28.9. The molecule has 0 saturated carbocycles. The molecule has 0 unspecified atom stereocenters. The third-order valence-electron chi connectivity index (χ3n) is 0. The van der Waals surface area contributed by atoms with Crippen LogP contribution in [0.3, 0.4) is 0 Å². The minimum absolute atomic E-state index is 0. The van der Waals surface area contributed by atoms with Crippen molar-refractivity contribution in [3.05, 3.63) is 30.6 Å². The molecule has 0 bridgehead atoms. The van der Waals surface area contributed by atoms with E-state index in [1.165, 1.54) is 0 Å². The van der Waals surface area contributed by atoms with Gasteiger partial charge in [-0.15, -0.1) is 0 Å². The maximum atomic E-state index is 8.89. The second-order valence-corrected chi connectivity index (χ2v) is 4.38. The van der Waals surface area contributed by atoms with Crippen molar-refractivity contribution in [3.8, 4) is 0 Å². The van der Waals surface area contributed by atoms with Crippen molar-refractivity contribution < 1.29 is 152 Å². The molecule has 0 aliphatic carbocycles. The van der Waals surface area contributed by atoms with Crippen LogP contribution in [-0.2, 0) is 101 Å². The zero-order valence-electron chi connectivity index (χ0n) is 22.8. The monoisotopic (exact) mass is 1090 g/mol. The number of hydrogen-bond donors (Lipinski definition) is 0. The van der Waals surface area contributed by atoms with Crippen molar-refractivity contribution in [2.45, 2.75) is 55.4 Å². The zero-order chi connectivity index (χ0) is 35.8. The molecule has 0 atom stereocenters. The van der Waals surface area contributed by atoms with Gasteiger partial charge in [0.15, 0.2) is 0 Å². The van der Waals surface area contributed by atoms with Gasteiger partial charge in [-0.25, -0.2) is 0 Å². The molecule has 260 valence electrons. The van der Waals surface area contributed by atoms with Gasteiger partial charge in [0.1, 0.15) is 0 Å². The van der Waals surface area contributed by atoms with Gasteiger partial charge in [-0.3, -0.25) is 0 Å². The quantitative estimate of drug-likeness (QED) is 0.123. The first-order valence-corrected chi connectivity index (χ1v) is 8.36. The maximum absolute atomic E-state index is 8.89. The van der Waals surface area contributed by atoms with Gasteiger partial charge in [-0.1, -0.05) is 0 Å². The average Bonchev–Trinajstić information content (AvgIpc) is 2.47. The molecule has 0 saturated heterocycles. The molecule has 0 fully saturated rings. The van der Waals surface area contributed by atoms with E-state index in [0.29, 0.717) is 0 Å². The fourth-order valence-corrected chi connectivity index (χ4v) is 0. The van der Waals surface area contributed by atoms with Gasteiger partial charge in [0.25, 0.3) is 0 Å². The van der Waals surface area contributed by atoms with Crippen LogP contribution in [0.15, 0.2) is 0 Å². The first-order chi connectivity index (χ1) is 17.3. The Kier molecular flexibility index (Phi) is 149. The van der Waals surface area contributed by atoms with Crippen LogP contribution in [-0.4, -0.2) is 57.9 Å². The van der Waals surface area contributed by atoms with E-state index in [1.54, 1.807) is 0 Å². The van der Waals surface area contributed by atoms with E-state index < -0.39 is 57.9 Å². The Bertz CT molecular complexity index is 497. The molecule has 0 amide bonds. The maximum Gasteiger partial charge on any atom is 4.00 e. The van der Waals surface area contributed by atoms with Crippen molar-refractivity contribution in [2.24, 2.45) is 0 Å². The Morgan fingerprint density at radius 2 is 0.326 bits per heavy atom. The number of rotatable bonds is 0. The minimum atomic E-state index is -1.75. The van der Waals surface area contributed by atoms with E-state index in [9.17, 15) is 0 Å². The molecular formula is C16H24N2O22PdPt2. The third kappa shape index (κ3) is 3460. The van der Waals surface area contributed by atoms with Gasteiger partial charge in [0.2, 0.25) is 0 Å². The Morgan fingerprint density at radius 1 is 0.326 bits per heavy atom. The molecule has 0 aliphatic heterocycles. The molecule has 0 aliphatic rings. The van der Waals surface area contributed by atoms with Crippen LogP contribution in [0, 0.1) is 30.6 Å². The van der Waals surface area contributed by atoms with Crippen LogP contribution in [0.5, 0.6) is 0 Å². The third-order valence-corrected chi connectivity index (χ3v) is 0. The molecule has 0 aromatic rings. The average molecular weight is 1090 g/mol. The smallest absolute Gasteiger partial charge is 0.550 e.